The molecule has 0 aliphatic rings. The van der Waals surface area contributed by atoms with Gasteiger partial charge in [-0.15, -0.1) is 0 Å². The van der Waals surface area contributed by atoms with Crippen LogP contribution in [0.4, 0.5) is 5.69 Å². The number of benzene rings is 2. The Balaban J connectivity index is 2.31. The summed E-state index contributed by atoms with van der Waals surface area (Å²) in [6, 6.07) is 10.9. The van der Waals surface area contributed by atoms with Crippen molar-refractivity contribution in [3.05, 3.63) is 42.5 Å². The first-order valence-electron chi connectivity index (χ1n) is 6.38. The van der Waals surface area contributed by atoms with Crippen molar-refractivity contribution in [3.8, 4) is 17.2 Å². The van der Waals surface area contributed by atoms with Crippen LogP contribution < -0.4 is 18.9 Å². The van der Waals surface area contributed by atoms with Gasteiger partial charge in [0, 0.05) is 18.2 Å². The fraction of sp³-hybridized carbons (Fsp3) is 0.200. The van der Waals surface area contributed by atoms with E-state index in [1.54, 1.807) is 30.3 Å². The molecule has 0 unspecified atom stereocenters. The first kappa shape index (κ1) is 16.0. The molecule has 0 bridgehead atoms. The van der Waals surface area contributed by atoms with Crippen LogP contribution in [0, 0.1) is 0 Å². The second-order valence-electron chi connectivity index (χ2n) is 4.38. The van der Waals surface area contributed by atoms with Gasteiger partial charge in [0.05, 0.1) is 31.9 Å². The molecule has 0 saturated heterocycles. The first-order chi connectivity index (χ1) is 10.5. The van der Waals surface area contributed by atoms with Gasteiger partial charge < -0.3 is 14.2 Å². The maximum atomic E-state index is 12.4. The van der Waals surface area contributed by atoms with Gasteiger partial charge in [0.1, 0.15) is 17.2 Å². The molecule has 0 aromatic heterocycles. The molecule has 0 amide bonds. The molecule has 2 aromatic carbocycles. The van der Waals surface area contributed by atoms with E-state index in [4.69, 9.17) is 14.2 Å². The Morgan fingerprint density at radius 1 is 0.773 bits per heavy atom. The molecule has 2 aromatic rings. The minimum atomic E-state index is -3.70. The summed E-state index contributed by atoms with van der Waals surface area (Å²) in [7, 11) is 0.806. The summed E-state index contributed by atoms with van der Waals surface area (Å²) in [6.45, 7) is 0. The van der Waals surface area contributed by atoms with E-state index in [9.17, 15) is 8.42 Å². The van der Waals surface area contributed by atoms with Gasteiger partial charge in [-0.3, -0.25) is 4.72 Å². The molecule has 0 aliphatic carbocycles. The van der Waals surface area contributed by atoms with Crippen molar-refractivity contribution < 1.29 is 22.6 Å². The summed E-state index contributed by atoms with van der Waals surface area (Å²) >= 11 is 0. The molecule has 0 radical (unpaired) electrons. The lowest BCUT2D eigenvalue weighted by molar-refractivity contribution is 0.395. The van der Waals surface area contributed by atoms with E-state index in [1.165, 1.54) is 33.5 Å². The second kappa shape index (κ2) is 6.57. The van der Waals surface area contributed by atoms with Crippen LogP contribution in [0.2, 0.25) is 0 Å². The van der Waals surface area contributed by atoms with Gasteiger partial charge in [-0.2, -0.15) is 0 Å². The Hall–Kier alpha value is -2.41. The third-order valence-electron chi connectivity index (χ3n) is 2.97. The van der Waals surface area contributed by atoms with Gasteiger partial charge in [-0.05, 0) is 24.3 Å². The van der Waals surface area contributed by atoms with Gasteiger partial charge in [-0.25, -0.2) is 8.42 Å². The number of anilines is 1. The van der Waals surface area contributed by atoms with Crippen LogP contribution in [0.15, 0.2) is 47.4 Å². The van der Waals surface area contributed by atoms with Crippen LogP contribution in [0.25, 0.3) is 0 Å². The zero-order valence-electron chi connectivity index (χ0n) is 12.5. The lowest BCUT2D eigenvalue weighted by Gasteiger charge is -2.11. The highest BCUT2D eigenvalue weighted by Crippen LogP contribution is 2.27. The molecule has 0 fully saturated rings. The van der Waals surface area contributed by atoms with E-state index in [0.29, 0.717) is 22.9 Å². The van der Waals surface area contributed by atoms with E-state index in [1.807, 2.05) is 0 Å². The van der Waals surface area contributed by atoms with Crippen LogP contribution >= 0.6 is 0 Å². The summed E-state index contributed by atoms with van der Waals surface area (Å²) in [4.78, 5) is 0.134. The van der Waals surface area contributed by atoms with Gasteiger partial charge in [0.15, 0.2) is 0 Å². The summed E-state index contributed by atoms with van der Waals surface area (Å²) in [6.07, 6.45) is 0. The van der Waals surface area contributed by atoms with Crippen LogP contribution in [-0.2, 0) is 10.0 Å². The molecule has 6 nitrogen and oxygen atoms in total. The van der Waals surface area contributed by atoms with Crippen LogP contribution in [0.1, 0.15) is 0 Å². The summed E-state index contributed by atoms with van der Waals surface area (Å²) in [5.74, 6) is 1.57. The van der Waals surface area contributed by atoms with Gasteiger partial charge in [0.25, 0.3) is 10.0 Å². The van der Waals surface area contributed by atoms with Crippen LogP contribution in [-0.4, -0.2) is 29.7 Å². The standard InChI is InChI=1S/C15H17NO5S/c1-19-12-4-6-15(7-5-12)22(17,18)16-11-8-13(20-2)10-14(9-11)21-3/h4-10,16H,1-3H3. The summed E-state index contributed by atoms with van der Waals surface area (Å²) in [5, 5.41) is 0. The van der Waals surface area contributed by atoms with E-state index >= 15 is 0 Å². The van der Waals surface area contributed by atoms with E-state index in [-0.39, 0.29) is 4.90 Å². The van der Waals surface area contributed by atoms with Crippen molar-refractivity contribution >= 4 is 15.7 Å². The predicted molar refractivity (Wildman–Crippen MR) is 83.3 cm³/mol. The van der Waals surface area contributed by atoms with Crippen LogP contribution in [0.3, 0.4) is 0 Å². The molecule has 7 heteroatoms. The SMILES string of the molecule is COc1ccc(S(=O)(=O)Nc2cc(OC)cc(OC)c2)cc1. The molecule has 0 spiro atoms. The van der Waals surface area contributed by atoms with Crippen molar-refractivity contribution in [3.63, 3.8) is 0 Å². The highest BCUT2D eigenvalue weighted by molar-refractivity contribution is 7.92. The molecule has 2 rings (SSSR count). The monoisotopic (exact) mass is 323 g/mol. The predicted octanol–water partition coefficient (Wildman–Crippen LogP) is 2.51. The topological polar surface area (TPSA) is 73.9 Å². The fourth-order valence-electron chi connectivity index (χ4n) is 1.84. The Kier molecular flexibility index (Phi) is 4.77. The van der Waals surface area contributed by atoms with Gasteiger partial charge in [-0.1, -0.05) is 0 Å². The van der Waals surface area contributed by atoms with E-state index in [2.05, 4.69) is 4.72 Å². The smallest absolute Gasteiger partial charge is 0.261 e. The maximum Gasteiger partial charge on any atom is 0.261 e. The Labute approximate surface area is 129 Å². The summed E-state index contributed by atoms with van der Waals surface area (Å²) in [5.41, 5.74) is 0.354. The molecular weight excluding hydrogens is 306 g/mol. The molecule has 0 aliphatic heterocycles. The number of rotatable bonds is 6. The number of sulfonamides is 1. The zero-order chi connectivity index (χ0) is 16.2. The minimum absolute atomic E-state index is 0.134. The number of ether oxygens (including phenoxy) is 3. The van der Waals surface area contributed by atoms with Gasteiger partial charge >= 0.3 is 0 Å². The Morgan fingerprint density at radius 3 is 1.73 bits per heavy atom. The molecule has 0 saturated carbocycles. The quantitative estimate of drug-likeness (QED) is 0.884. The fourth-order valence-corrected chi connectivity index (χ4v) is 2.88. The van der Waals surface area contributed by atoms with Gasteiger partial charge in [0.2, 0.25) is 0 Å². The highest BCUT2D eigenvalue weighted by Gasteiger charge is 2.15. The lowest BCUT2D eigenvalue weighted by Crippen LogP contribution is -2.13. The maximum absolute atomic E-state index is 12.4. The number of methoxy groups -OCH3 is 3. The third-order valence-corrected chi connectivity index (χ3v) is 4.37. The molecule has 22 heavy (non-hydrogen) atoms. The number of nitrogens with one attached hydrogen (secondary N) is 1. The number of hydrogen-bond acceptors (Lipinski definition) is 5. The average molecular weight is 323 g/mol. The largest absolute Gasteiger partial charge is 0.497 e. The Morgan fingerprint density at radius 2 is 1.27 bits per heavy atom. The average Bonchev–Trinajstić information content (AvgIpc) is 2.54. The van der Waals surface area contributed by atoms with Crippen LogP contribution in [0.5, 0.6) is 17.2 Å². The van der Waals surface area contributed by atoms with Crippen molar-refractivity contribution in [2.75, 3.05) is 26.1 Å². The first-order valence-corrected chi connectivity index (χ1v) is 7.87. The number of hydrogen-bond donors (Lipinski definition) is 1. The second-order valence-corrected chi connectivity index (χ2v) is 6.06. The van der Waals surface area contributed by atoms with Crippen molar-refractivity contribution in [1.82, 2.24) is 0 Å². The molecule has 118 valence electrons. The minimum Gasteiger partial charge on any atom is -0.497 e. The van der Waals surface area contributed by atoms with E-state index in [0.717, 1.165) is 0 Å². The molecular formula is C15H17NO5S. The molecule has 1 N–H and O–H groups in total. The van der Waals surface area contributed by atoms with E-state index < -0.39 is 10.0 Å². The summed E-state index contributed by atoms with van der Waals surface area (Å²) < 4.78 is 42.5. The molecule has 0 heterocycles. The van der Waals surface area contributed by atoms with Crippen molar-refractivity contribution in [1.29, 1.82) is 0 Å². The molecule has 0 atom stereocenters. The highest BCUT2D eigenvalue weighted by atomic mass is 32.2. The van der Waals surface area contributed by atoms with Crippen molar-refractivity contribution in [2.45, 2.75) is 4.90 Å². The normalized spacial score (nSPS) is 10.9. The lowest BCUT2D eigenvalue weighted by atomic mass is 10.3. The third kappa shape index (κ3) is 3.62. The zero-order valence-corrected chi connectivity index (χ0v) is 13.3. The van der Waals surface area contributed by atoms with Crippen molar-refractivity contribution in [2.24, 2.45) is 0 Å². The Bertz CT molecular complexity index is 719.